The fraction of sp³-hybridized carbons (Fsp3) is 0.250. The second-order valence-electron chi connectivity index (χ2n) is 7.50. The van der Waals surface area contributed by atoms with Gasteiger partial charge in [0.15, 0.2) is 5.78 Å². The van der Waals surface area contributed by atoms with Gasteiger partial charge in [-0.3, -0.25) is 4.79 Å². The average molecular weight is 389 g/mol. The molecule has 0 aromatic heterocycles. The van der Waals surface area contributed by atoms with Crippen molar-refractivity contribution >= 4 is 28.6 Å². The van der Waals surface area contributed by atoms with Crippen LogP contribution in [0, 0.1) is 27.7 Å². The highest BCUT2D eigenvalue weighted by atomic mass is 16.1. The van der Waals surface area contributed by atoms with Crippen molar-refractivity contribution in [3.63, 3.8) is 0 Å². The number of hydrogen-bond donors (Lipinski definition) is 3. The molecule has 0 radical (unpaired) electrons. The molecule has 5 nitrogen and oxygen atoms in total. The predicted octanol–water partition coefficient (Wildman–Crippen LogP) is 4.01. The number of ketones is 1. The molecule has 0 amide bonds. The van der Waals surface area contributed by atoms with Crippen LogP contribution in [0.2, 0.25) is 0 Å². The van der Waals surface area contributed by atoms with Gasteiger partial charge in [-0.05, 0) is 79.8 Å². The fourth-order valence-electron chi connectivity index (χ4n) is 3.42. The van der Waals surface area contributed by atoms with Crippen LogP contribution in [0.15, 0.2) is 52.7 Å². The topological polar surface area (TPSA) is 93.5 Å². The quantitative estimate of drug-likeness (QED) is 0.545. The molecule has 0 unspecified atom stereocenters. The minimum Gasteiger partial charge on any atom is -0.399 e. The molecule has 5 heteroatoms. The van der Waals surface area contributed by atoms with Crippen LogP contribution in [0.4, 0.5) is 17.1 Å². The average Bonchev–Trinajstić information content (AvgIpc) is 2.70. The van der Waals surface area contributed by atoms with Gasteiger partial charge in [0.25, 0.3) is 0 Å². The van der Waals surface area contributed by atoms with Gasteiger partial charge >= 0.3 is 0 Å². The SMILES string of the molecule is CNC1=CC(=O)C(Cc2ccc(N)c(C)c2C)=CC1=Nc1ccc(N)c(C)c1C. The third-order valence-electron chi connectivity index (χ3n) is 5.81. The molecule has 0 fully saturated rings. The van der Waals surface area contributed by atoms with Gasteiger partial charge in [0, 0.05) is 36.5 Å². The molecular formula is C24H28N4O. The molecule has 0 bridgehead atoms. The maximum atomic E-state index is 12.7. The van der Waals surface area contributed by atoms with E-state index in [-0.39, 0.29) is 5.78 Å². The normalized spacial score (nSPS) is 15.3. The van der Waals surface area contributed by atoms with Gasteiger partial charge < -0.3 is 16.8 Å². The highest BCUT2D eigenvalue weighted by Crippen LogP contribution is 2.28. The highest BCUT2D eigenvalue weighted by Gasteiger charge is 2.20. The largest absolute Gasteiger partial charge is 0.399 e. The summed E-state index contributed by atoms with van der Waals surface area (Å²) in [6.07, 6.45) is 4.04. The van der Waals surface area contributed by atoms with Crippen LogP contribution in [0.5, 0.6) is 0 Å². The summed E-state index contributed by atoms with van der Waals surface area (Å²) in [4.78, 5) is 17.5. The third kappa shape index (κ3) is 3.94. The number of anilines is 2. The predicted molar refractivity (Wildman–Crippen MR) is 122 cm³/mol. The smallest absolute Gasteiger partial charge is 0.184 e. The second-order valence-corrected chi connectivity index (χ2v) is 7.50. The van der Waals surface area contributed by atoms with Crippen LogP contribution in [0.25, 0.3) is 0 Å². The molecule has 2 aromatic carbocycles. The van der Waals surface area contributed by atoms with E-state index in [0.29, 0.717) is 17.7 Å². The molecule has 2 aromatic rings. The number of nitrogens with one attached hydrogen (secondary N) is 1. The van der Waals surface area contributed by atoms with Crippen molar-refractivity contribution in [2.75, 3.05) is 18.5 Å². The number of nitrogen functional groups attached to an aromatic ring is 2. The summed E-state index contributed by atoms with van der Waals surface area (Å²) < 4.78 is 0. The molecule has 0 spiro atoms. The molecular weight excluding hydrogens is 360 g/mol. The Hall–Kier alpha value is -3.34. The lowest BCUT2D eigenvalue weighted by Gasteiger charge is -2.18. The lowest BCUT2D eigenvalue weighted by molar-refractivity contribution is -0.111. The van der Waals surface area contributed by atoms with Crippen molar-refractivity contribution in [2.24, 2.45) is 4.99 Å². The Morgan fingerprint density at radius 1 is 0.862 bits per heavy atom. The first-order valence-corrected chi connectivity index (χ1v) is 9.66. The van der Waals surface area contributed by atoms with Crippen LogP contribution < -0.4 is 16.8 Å². The van der Waals surface area contributed by atoms with Crippen LogP contribution >= 0.6 is 0 Å². The maximum absolute atomic E-state index is 12.7. The Bertz CT molecular complexity index is 1090. The summed E-state index contributed by atoms with van der Waals surface area (Å²) in [5.41, 5.74) is 21.8. The number of carbonyl (C=O) groups is 1. The van der Waals surface area contributed by atoms with Gasteiger partial charge in [-0.15, -0.1) is 0 Å². The minimum atomic E-state index is -0.00705. The number of benzene rings is 2. The van der Waals surface area contributed by atoms with Gasteiger partial charge in [0.1, 0.15) is 0 Å². The van der Waals surface area contributed by atoms with E-state index in [1.54, 1.807) is 13.1 Å². The van der Waals surface area contributed by atoms with Crippen LogP contribution in [-0.2, 0) is 11.2 Å². The first kappa shape index (κ1) is 20.4. The van der Waals surface area contributed by atoms with Crippen molar-refractivity contribution in [3.05, 3.63) is 75.5 Å². The lowest BCUT2D eigenvalue weighted by Crippen LogP contribution is -2.22. The number of carbonyl (C=O) groups excluding carboxylic acids is 1. The van der Waals surface area contributed by atoms with Crippen molar-refractivity contribution in [3.8, 4) is 0 Å². The highest BCUT2D eigenvalue weighted by molar-refractivity contribution is 6.22. The van der Waals surface area contributed by atoms with Gasteiger partial charge in [-0.2, -0.15) is 0 Å². The standard InChI is InChI=1S/C24H28N4O/c1-13-14(2)19(25)7-6-17(13)10-18-11-23(22(27-5)12-24(18)29)28-21-9-8-20(26)15(3)16(21)4/h6-9,11-12,27H,10,25-26H2,1-5H3. The Balaban J connectivity index is 2.04. The van der Waals surface area contributed by atoms with Crippen LogP contribution in [-0.4, -0.2) is 18.5 Å². The molecule has 3 rings (SSSR count). The molecule has 0 atom stereocenters. The van der Waals surface area contributed by atoms with E-state index in [9.17, 15) is 4.79 Å². The lowest BCUT2D eigenvalue weighted by atomic mass is 9.91. The van der Waals surface area contributed by atoms with Crippen LogP contribution in [0.1, 0.15) is 27.8 Å². The zero-order valence-corrected chi connectivity index (χ0v) is 17.7. The first-order valence-electron chi connectivity index (χ1n) is 9.66. The van der Waals surface area contributed by atoms with Gasteiger partial charge in [-0.1, -0.05) is 6.07 Å². The summed E-state index contributed by atoms with van der Waals surface area (Å²) >= 11 is 0. The molecule has 1 aliphatic rings. The Morgan fingerprint density at radius 3 is 2.14 bits per heavy atom. The molecule has 0 heterocycles. The number of allylic oxidation sites excluding steroid dienone is 3. The molecule has 150 valence electrons. The van der Waals surface area contributed by atoms with Crippen molar-refractivity contribution in [1.29, 1.82) is 0 Å². The van der Waals surface area contributed by atoms with Crippen molar-refractivity contribution in [2.45, 2.75) is 34.1 Å². The Labute approximate surface area is 172 Å². The number of aliphatic imine (C=N–C) groups is 1. The fourth-order valence-corrected chi connectivity index (χ4v) is 3.42. The summed E-state index contributed by atoms with van der Waals surface area (Å²) in [5, 5.41) is 3.09. The number of nitrogens with zero attached hydrogens (tertiary/aromatic N) is 1. The van der Waals surface area contributed by atoms with E-state index in [4.69, 9.17) is 16.5 Å². The number of nitrogens with two attached hydrogens (primary N) is 2. The molecule has 1 aliphatic carbocycles. The third-order valence-corrected chi connectivity index (χ3v) is 5.81. The number of rotatable bonds is 4. The second kappa shape index (κ2) is 7.95. The molecule has 5 N–H and O–H groups in total. The number of hydrogen-bond acceptors (Lipinski definition) is 5. The maximum Gasteiger partial charge on any atom is 0.184 e. The van der Waals surface area contributed by atoms with E-state index in [2.05, 4.69) is 5.32 Å². The molecule has 0 saturated carbocycles. The zero-order valence-electron chi connectivity index (χ0n) is 17.7. The summed E-state index contributed by atoms with van der Waals surface area (Å²) in [7, 11) is 1.79. The first-order chi connectivity index (χ1) is 13.7. The van der Waals surface area contributed by atoms with Crippen LogP contribution in [0.3, 0.4) is 0 Å². The van der Waals surface area contributed by atoms with Gasteiger partial charge in [0.2, 0.25) is 0 Å². The molecule has 29 heavy (non-hydrogen) atoms. The van der Waals surface area contributed by atoms with E-state index < -0.39 is 0 Å². The van der Waals surface area contributed by atoms with Gasteiger partial charge in [0.05, 0.1) is 17.1 Å². The zero-order chi connectivity index (χ0) is 21.3. The van der Waals surface area contributed by atoms with Crippen molar-refractivity contribution < 1.29 is 4.79 Å². The van der Waals surface area contributed by atoms with Gasteiger partial charge in [-0.25, -0.2) is 4.99 Å². The van der Waals surface area contributed by atoms with E-state index in [1.807, 2.05) is 58.0 Å². The van der Waals surface area contributed by atoms with E-state index in [1.165, 1.54) is 0 Å². The minimum absolute atomic E-state index is 0.00705. The molecule has 0 saturated heterocycles. The summed E-state index contributed by atoms with van der Waals surface area (Å²) in [6.45, 7) is 8.04. The van der Waals surface area contributed by atoms with E-state index in [0.717, 1.165) is 50.6 Å². The monoisotopic (exact) mass is 388 g/mol. The Kier molecular flexibility index (Phi) is 5.59. The summed E-state index contributed by atoms with van der Waals surface area (Å²) in [6, 6.07) is 7.67. The Morgan fingerprint density at radius 2 is 1.48 bits per heavy atom. The molecule has 0 aliphatic heterocycles. The summed E-state index contributed by atoms with van der Waals surface area (Å²) in [5.74, 6) is -0.00705. The van der Waals surface area contributed by atoms with E-state index >= 15 is 0 Å². The van der Waals surface area contributed by atoms with Crippen molar-refractivity contribution in [1.82, 2.24) is 5.32 Å².